The monoisotopic (exact) mass is 521 g/mol. The van der Waals surface area contributed by atoms with Gasteiger partial charge in [-0.25, -0.2) is 0 Å². The van der Waals surface area contributed by atoms with Crippen LogP contribution in [0.2, 0.25) is 0 Å². The van der Waals surface area contributed by atoms with Crippen LogP contribution in [0.3, 0.4) is 0 Å². The van der Waals surface area contributed by atoms with Gasteiger partial charge in [-0.15, -0.1) is 0 Å². The van der Waals surface area contributed by atoms with Crippen molar-refractivity contribution in [3.63, 3.8) is 0 Å². The fourth-order valence-electron chi connectivity index (χ4n) is 6.60. The van der Waals surface area contributed by atoms with Gasteiger partial charge in [0.05, 0.1) is 11.6 Å². The molecule has 190 valence electrons. The van der Waals surface area contributed by atoms with E-state index in [4.69, 9.17) is 0 Å². The molecule has 8 rings (SSSR count). The van der Waals surface area contributed by atoms with Crippen molar-refractivity contribution in [3.05, 3.63) is 151 Å². The highest BCUT2D eigenvalue weighted by atomic mass is 15.2. The highest BCUT2D eigenvalue weighted by molar-refractivity contribution is 7.00. The van der Waals surface area contributed by atoms with Crippen molar-refractivity contribution in [2.75, 3.05) is 9.80 Å². The molecule has 41 heavy (non-hydrogen) atoms. The smallest absolute Gasteiger partial charge is 0.252 e. The molecule has 0 N–H and O–H groups in total. The van der Waals surface area contributed by atoms with E-state index in [1.807, 2.05) is 18.2 Å². The van der Waals surface area contributed by atoms with Gasteiger partial charge < -0.3 is 9.80 Å². The molecule has 0 aromatic heterocycles. The third-order valence-corrected chi connectivity index (χ3v) is 8.27. The van der Waals surface area contributed by atoms with E-state index in [1.165, 1.54) is 27.8 Å². The minimum Gasteiger partial charge on any atom is -0.311 e. The Balaban J connectivity index is 1.52. The van der Waals surface area contributed by atoms with Gasteiger partial charge in [-0.05, 0) is 82.1 Å². The van der Waals surface area contributed by atoms with Gasteiger partial charge in [0.2, 0.25) is 0 Å². The van der Waals surface area contributed by atoms with Crippen molar-refractivity contribution in [2.45, 2.75) is 0 Å². The van der Waals surface area contributed by atoms with Crippen LogP contribution < -0.4 is 26.2 Å². The molecule has 0 saturated carbocycles. The van der Waals surface area contributed by atoms with Crippen LogP contribution in [0.15, 0.2) is 146 Å². The summed E-state index contributed by atoms with van der Waals surface area (Å²) in [6, 6.07) is 53.6. The molecule has 0 unspecified atom stereocenters. The SMILES string of the molecule is N#Cc1ccccc1-c1cc2c3c(c1)N(c1ccccc1)c1ccccc1B3c1ccccc1N2c1ccccc1. The summed E-state index contributed by atoms with van der Waals surface area (Å²) >= 11 is 0. The second-order valence-electron chi connectivity index (χ2n) is 10.5. The summed E-state index contributed by atoms with van der Waals surface area (Å²) in [5.41, 5.74) is 13.3. The maximum absolute atomic E-state index is 10.0. The fraction of sp³-hybridized carbons (Fsp3) is 0. The predicted octanol–water partition coefficient (Wildman–Crippen LogP) is 7.31. The molecule has 6 aromatic rings. The largest absolute Gasteiger partial charge is 0.311 e. The zero-order valence-electron chi connectivity index (χ0n) is 22.3. The number of nitriles is 1. The lowest BCUT2D eigenvalue weighted by molar-refractivity contribution is 1.25. The van der Waals surface area contributed by atoms with Gasteiger partial charge in [-0.1, -0.05) is 91.0 Å². The number of rotatable bonds is 3. The van der Waals surface area contributed by atoms with Gasteiger partial charge in [0.25, 0.3) is 6.71 Å². The Labute approximate surface area is 240 Å². The van der Waals surface area contributed by atoms with E-state index in [0.29, 0.717) is 5.56 Å². The number of benzene rings is 6. The Morgan fingerprint density at radius 1 is 0.488 bits per heavy atom. The summed E-state index contributed by atoms with van der Waals surface area (Å²) in [7, 11) is 0. The molecule has 6 aromatic carbocycles. The lowest BCUT2D eigenvalue weighted by atomic mass is 9.33. The summed E-state index contributed by atoms with van der Waals surface area (Å²) in [6.45, 7) is 0.0765. The zero-order chi connectivity index (χ0) is 27.3. The van der Waals surface area contributed by atoms with Crippen LogP contribution in [0.25, 0.3) is 11.1 Å². The first-order valence-electron chi connectivity index (χ1n) is 13.9. The minimum absolute atomic E-state index is 0.0765. The standard InChI is InChI=1S/C37H24BN3/c39-25-26-13-7-8-18-30(26)27-23-35-37-36(24-27)41(29-16-5-2-6-17-29)34-22-12-10-20-32(34)38(37)31-19-9-11-21-33(31)40(35)28-14-3-1-4-15-28/h1-24H. The number of fused-ring (bicyclic) bond motifs is 4. The summed E-state index contributed by atoms with van der Waals surface area (Å²) in [4.78, 5) is 4.78. The molecule has 0 aliphatic carbocycles. The normalized spacial score (nSPS) is 12.7. The highest BCUT2D eigenvalue weighted by Crippen LogP contribution is 2.45. The van der Waals surface area contributed by atoms with Gasteiger partial charge >= 0.3 is 0 Å². The van der Waals surface area contributed by atoms with Crippen molar-refractivity contribution in [1.29, 1.82) is 5.26 Å². The van der Waals surface area contributed by atoms with Crippen LogP contribution in [0.4, 0.5) is 34.1 Å². The Bertz CT molecular complexity index is 1870. The molecule has 0 amide bonds. The molecule has 0 radical (unpaired) electrons. The van der Waals surface area contributed by atoms with Crippen LogP contribution in [0.5, 0.6) is 0 Å². The van der Waals surface area contributed by atoms with Crippen LogP contribution in [0, 0.1) is 11.3 Å². The quantitative estimate of drug-likeness (QED) is 0.229. The predicted molar refractivity (Wildman–Crippen MR) is 171 cm³/mol. The number of para-hydroxylation sites is 4. The summed E-state index contributed by atoms with van der Waals surface area (Å²) in [5.74, 6) is 0. The Morgan fingerprint density at radius 2 is 0.951 bits per heavy atom. The van der Waals surface area contributed by atoms with E-state index >= 15 is 0 Å². The average Bonchev–Trinajstić information content (AvgIpc) is 3.05. The average molecular weight is 521 g/mol. The van der Waals surface area contributed by atoms with Gasteiger partial charge in [0, 0.05) is 34.1 Å². The van der Waals surface area contributed by atoms with E-state index in [0.717, 1.165) is 33.9 Å². The van der Waals surface area contributed by atoms with E-state index in [-0.39, 0.29) is 6.71 Å². The van der Waals surface area contributed by atoms with Crippen molar-refractivity contribution >= 4 is 57.2 Å². The molecule has 2 heterocycles. The lowest BCUT2D eigenvalue weighted by Crippen LogP contribution is -2.61. The lowest BCUT2D eigenvalue weighted by Gasteiger charge is -2.44. The molecule has 4 heteroatoms. The van der Waals surface area contributed by atoms with Gasteiger partial charge in [-0.3, -0.25) is 0 Å². The van der Waals surface area contributed by atoms with Crippen molar-refractivity contribution < 1.29 is 0 Å². The van der Waals surface area contributed by atoms with Crippen molar-refractivity contribution in [3.8, 4) is 17.2 Å². The van der Waals surface area contributed by atoms with E-state index < -0.39 is 0 Å². The van der Waals surface area contributed by atoms with E-state index in [1.54, 1.807) is 0 Å². The number of hydrogen-bond donors (Lipinski definition) is 0. The molecule has 2 aliphatic heterocycles. The Morgan fingerprint density at radius 3 is 1.49 bits per heavy atom. The molecule has 0 saturated heterocycles. The van der Waals surface area contributed by atoms with E-state index in [2.05, 4.69) is 143 Å². The second-order valence-corrected chi connectivity index (χ2v) is 10.5. The van der Waals surface area contributed by atoms with Crippen molar-refractivity contribution in [1.82, 2.24) is 0 Å². The second kappa shape index (κ2) is 9.29. The Hall–Kier alpha value is -5.53. The van der Waals surface area contributed by atoms with Gasteiger partial charge in [0.1, 0.15) is 0 Å². The maximum Gasteiger partial charge on any atom is 0.252 e. The third-order valence-electron chi connectivity index (χ3n) is 8.27. The number of nitrogens with zero attached hydrogens (tertiary/aromatic N) is 3. The molecule has 0 atom stereocenters. The first-order valence-corrected chi connectivity index (χ1v) is 13.9. The Kier molecular flexibility index (Phi) is 5.30. The zero-order valence-corrected chi connectivity index (χ0v) is 22.3. The van der Waals surface area contributed by atoms with Crippen LogP contribution in [-0.4, -0.2) is 6.71 Å². The number of anilines is 6. The number of hydrogen-bond acceptors (Lipinski definition) is 3. The topological polar surface area (TPSA) is 30.3 Å². The van der Waals surface area contributed by atoms with Gasteiger partial charge in [-0.2, -0.15) is 5.26 Å². The van der Waals surface area contributed by atoms with Crippen LogP contribution in [0.1, 0.15) is 5.56 Å². The molecule has 2 aliphatic rings. The van der Waals surface area contributed by atoms with Crippen LogP contribution >= 0.6 is 0 Å². The van der Waals surface area contributed by atoms with Crippen molar-refractivity contribution in [2.24, 2.45) is 0 Å². The van der Waals surface area contributed by atoms with E-state index in [9.17, 15) is 5.26 Å². The maximum atomic E-state index is 10.0. The summed E-state index contributed by atoms with van der Waals surface area (Å²) in [5, 5.41) is 10.0. The highest BCUT2D eigenvalue weighted by Gasteiger charge is 2.43. The summed E-state index contributed by atoms with van der Waals surface area (Å²) < 4.78 is 0. The third kappa shape index (κ3) is 3.53. The minimum atomic E-state index is 0.0765. The molecule has 0 spiro atoms. The fourth-order valence-corrected chi connectivity index (χ4v) is 6.60. The first-order chi connectivity index (χ1) is 20.3. The molecular formula is C37H24BN3. The van der Waals surface area contributed by atoms with Gasteiger partial charge in [0.15, 0.2) is 0 Å². The molecule has 0 fully saturated rings. The summed E-state index contributed by atoms with van der Waals surface area (Å²) in [6.07, 6.45) is 0. The molecule has 0 bridgehead atoms. The first kappa shape index (κ1) is 23.4. The van der Waals surface area contributed by atoms with Crippen LogP contribution in [-0.2, 0) is 0 Å². The molecule has 3 nitrogen and oxygen atoms in total. The molecular weight excluding hydrogens is 497 g/mol.